The molecule has 0 bridgehead atoms. The van der Waals surface area contributed by atoms with Crippen molar-refractivity contribution in [2.24, 2.45) is 0 Å². The van der Waals surface area contributed by atoms with Crippen LogP contribution in [0.3, 0.4) is 0 Å². The van der Waals surface area contributed by atoms with Crippen molar-refractivity contribution < 1.29 is 0 Å². The summed E-state index contributed by atoms with van der Waals surface area (Å²) < 4.78 is 0. The molecule has 138 valence electrons. The molecule has 0 fully saturated rings. The SMILES string of the molecule is C[Si](C)(C)c1nc(-c2ccccc2)nc(-c2ccccc2)c1-c1ccccc1. The van der Waals surface area contributed by atoms with Gasteiger partial charge in [0, 0.05) is 22.0 Å². The maximum absolute atomic E-state index is 5.13. The number of hydrogen-bond acceptors (Lipinski definition) is 2. The summed E-state index contributed by atoms with van der Waals surface area (Å²) in [6, 6.07) is 31.3. The lowest BCUT2D eigenvalue weighted by Gasteiger charge is -2.23. The van der Waals surface area contributed by atoms with Gasteiger partial charge in [-0.15, -0.1) is 0 Å². The molecular formula is C25H24N2Si. The Morgan fingerprint density at radius 3 is 1.50 bits per heavy atom. The van der Waals surface area contributed by atoms with Crippen LogP contribution in [-0.2, 0) is 0 Å². The Hall–Kier alpha value is -3.04. The van der Waals surface area contributed by atoms with E-state index in [1.54, 1.807) is 0 Å². The molecule has 3 aromatic carbocycles. The summed E-state index contributed by atoms with van der Waals surface area (Å²) in [5, 5.41) is 1.20. The quantitative estimate of drug-likeness (QED) is 0.404. The van der Waals surface area contributed by atoms with E-state index in [0.717, 1.165) is 22.6 Å². The zero-order chi connectivity index (χ0) is 19.6. The van der Waals surface area contributed by atoms with Gasteiger partial charge in [-0.2, -0.15) is 0 Å². The lowest BCUT2D eigenvalue weighted by molar-refractivity contribution is 1.20. The molecule has 0 amide bonds. The Balaban J connectivity index is 2.09. The molecule has 1 aromatic heterocycles. The fourth-order valence-electron chi connectivity index (χ4n) is 3.40. The molecule has 4 aromatic rings. The predicted molar refractivity (Wildman–Crippen MR) is 121 cm³/mol. The van der Waals surface area contributed by atoms with Crippen LogP contribution in [0.25, 0.3) is 33.8 Å². The van der Waals surface area contributed by atoms with Crippen molar-refractivity contribution in [1.29, 1.82) is 0 Å². The first-order valence-corrected chi connectivity index (χ1v) is 13.1. The van der Waals surface area contributed by atoms with Gasteiger partial charge < -0.3 is 0 Å². The van der Waals surface area contributed by atoms with E-state index in [2.05, 4.69) is 86.4 Å². The standard InChI is InChI=1S/C25H24N2Si/c1-28(2,3)25-22(19-13-7-4-8-14-19)23(20-15-9-5-10-16-20)26-24(27-25)21-17-11-6-12-18-21/h4-18H,1-3H3. The summed E-state index contributed by atoms with van der Waals surface area (Å²) in [6.45, 7) is 7.06. The monoisotopic (exact) mass is 380 g/mol. The minimum absolute atomic E-state index is 0.802. The molecule has 0 aliphatic carbocycles. The van der Waals surface area contributed by atoms with Crippen LogP contribution < -0.4 is 5.32 Å². The fraction of sp³-hybridized carbons (Fsp3) is 0.120. The zero-order valence-corrected chi connectivity index (χ0v) is 17.6. The van der Waals surface area contributed by atoms with E-state index in [4.69, 9.17) is 9.97 Å². The first-order valence-electron chi connectivity index (χ1n) is 9.63. The van der Waals surface area contributed by atoms with Gasteiger partial charge in [-0.05, 0) is 5.56 Å². The second kappa shape index (κ2) is 7.53. The van der Waals surface area contributed by atoms with Crippen LogP contribution in [-0.4, -0.2) is 18.0 Å². The van der Waals surface area contributed by atoms with Crippen molar-refractivity contribution in [3.05, 3.63) is 91.0 Å². The summed E-state index contributed by atoms with van der Waals surface area (Å²) >= 11 is 0. The van der Waals surface area contributed by atoms with Gasteiger partial charge in [0.2, 0.25) is 0 Å². The fourth-order valence-corrected chi connectivity index (χ4v) is 4.86. The van der Waals surface area contributed by atoms with E-state index < -0.39 is 8.07 Å². The van der Waals surface area contributed by atoms with Crippen LogP contribution in [0.2, 0.25) is 19.6 Å². The highest BCUT2D eigenvalue weighted by Gasteiger charge is 2.27. The van der Waals surface area contributed by atoms with E-state index in [9.17, 15) is 0 Å². The Morgan fingerprint density at radius 1 is 0.536 bits per heavy atom. The molecule has 3 heteroatoms. The van der Waals surface area contributed by atoms with Crippen molar-refractivity contribution in [3.63, 3.8) is 0 Å². The van der Waals surface area contributed by atoms with E-state index in [1.165, 1.54) is 16.4 Å². The van der Waals surface area contributed by atoms with Gasteiger partial charge in [-0.25, -0.2) is 9.97 Å². The van der Waals surface area contributed by atoms with Gasteiger partial charge in [0.1, 0.15) is 8.07 Å². The largest absolute Gasteiger partial charge is 0.237 e. The first-order chi connectivity index (χ1) is 13.5. The normalized spacial score (nSPS) is 11.4. The molecule has 0 spiro atoms. The van der Waals surface area contributed by atoms with Gasteiger partial charge in [-0.3, -0.25) is 0 Å². The lowest BCUT2D eigenvalue weighted by atomic mass is 10.0. The number of benzene rings is 3. The van der Waals surface area contributed by atoms with Crippen LogP contribution in [0, 0.1) is 0 Å². The molecule has 0 N–H and O–H groups in total. The second-order valence-electron chi connectivity index (χ2n) is 7.97. The van der Waals surface area contributed by atoms with Crippen LogP contribution in [0.15, 0.2) is 91.0 Å². The molecule has 0 unspecified atom stereocenters. The van der Waals surface area contributed by atoms with Crippen LogP contribution in [0.5, 0.6) is 0 Å². The minimum Gasteiger partial charge on any atom is -0.237 e. The second-order valence-corrected chi connectivity index (χ2v) is 12.9. The van der Waals surface area contributed by atoms with Crippen molar-refractivity contribution in [2.75, 3.05) is 0 Å². The Morgan fingerprint density at radius 2 is 1.00 bits per heavy atom. The highest BCUT2D eigenvalue weighted by molar-refractivity contribution is 6.89. The van der Waals surface area contributed by atoms with Gasteiger partial charge in [0.05, 0.1) is 5.69 Å². The topological polar surface area (TPSA) is 25.8 Å². The van der Waals surface area contributed by atoms with Gasteiger partial charge >= 0.3 is 0 Å². The molecule has 0 aliphatic heterocycles. The summed E-state index contributed by atoms with van der Waals surface area (Å²) in [4.78, 5) is 10.2. The maximum Gasteiger partial charge on any atom is 0.159 e. The molecule has 28 heavy (non-hydrogen) atoms. The smallest absolute Gasteiger partial charge is 0.159 e. The number of rotatable bonds is 4. The number of aromatic nitrogens is 2. The summed E-state index contributed by atoms with van der Waals surface area (Å²) in [5.74, 6) is 0.802. The maximum atomic E-state index is 5.13. The third-order valence-corrected chi connectivity index (χ3v) is 6.54. The van der Waals surface area contributed by atoms with Gasteiger partial charge in [0.15, 0.2) is 5.82 Å². The first kappa shape index (κ1) is 18.3. The van der Waals surface area contributed by atoms with E-state index in [-0.39, 0.29) is 0 Å². The van der Waals surface area contributed by atoms with Crippen molar-refractivity contribution >= 4 is 13.4 Å². The molecular weight excluding hydrogens is 356 g/mol. The molecule has 0 saturated heterocycles. The lowest BCUT2D eigenvalue weighted by Crippen LogP contribution is -2.42. The van der Waals surface area contributed by atoms with Crippen LogP contribution in [0.1, 0.15) is 0 Å². The molecule has 0 radical (unpaired) electrons. The Labute approximate surface area is 168 Å². The Bertz CT molecular complexity index is 1070. The number of hydrogen-bond donors (Lipinski definition) is 0. The average Bonchev–Trinajstić information content (AvgIpc) is 2.74. The van der Waals surface area contributed by atoms with Gasteiger partial charge in [-0.1, -0.05) is 111 Å². The average molecular weight is 381 g/mol. The molecule has 0 atom stereocenters. The van der Waals surface area contributed by atoms with Crippen LogP contribution >= 0.6 is 0 Å². The zero-order valence-electron chi connectivity index (χ0n) is 16.6. The van der Waals surface area contributed by atoms with Crippen LogP contribution in [0.4, 0.5) is 0 Å². The highest BCUT2D eigenvalue weighted by atomic mass is 28.3. The van der Waals surface area contributed by atoms with Crippen molar-refractivity contribution in [1.82, 2.24) is 9.97 Å². The molecule has 2 nitrogen and oxygen atoms in total. The van der Waals surface area contributed by atoms with E-state index >= 15 is 0 Å². The Kier molecular flexibility index (Phi) is 4.93. The van der Waals surface area contributed by atoms with E-state index in [0.29, 0.717) is 0 Å². The third-order valence-electron chi connectivity index (χ3n) is 4.76. The van der Waals surface area contributed by atoms with E-state index in [1.807, 2.05) is 24.3 Å². The molecule has 0 aliphatic rings. The number of nitrogens with zero attached hydrogens (tertiary/aromatic N) is 2. The molecule has 4 rings (SSSR count). The van der Waals surface area contributed by atoms with Crippen molar-refractivity contribution in [3.8, 4) is 33.8 Å². The summed E-state index contributed by atoms with van der Waals surface area (Å²) in [5.41, 5.74) is 5.54. The molecule has 1 heterocycles. The summed E-state index contributed by atoms with van der Waals surface area (Å²) in [7, 11) is -1.74. The highest BCUT2D eigenvalue weighted by Crippen LogP contribution is 2.32. The van der Waals surface area contributed by atoms with Crippen molar-refractivity contribution in [2.45, 2.75) is 19.6 Å². The predicted octanol–water partition coefficient (Wildman–Crippen LogP) is 6.02. The summed E-state index contributed by atoms with van der Waals surface area (Å²) in [6.07, 6.45) is 0. The third kappa shape index (κ3) is 3.66. The minimum atomic E-state index is -1.74. The van der Waals surface area contributed by atoms with Gasteiger partial charge in [0.25, 0.3) is 0 Å². The molecule has 0 saturated carbocycles.